The largest absolute Gasteiger partial charge is 0.293 e. The summed E-state index contributed by atoms with van der Waals surface area (Å²) in [5.41, 5.74) is 2.23. The fourth-order valence-corrected chi connectivity index (χ4v) is 2.50. The monoisotopic (exact) mass is 218 g/mol. The Labute approximate surface area is 91.2 Å². The van der Waals surface area contributed by atoms with Gasteiger partial charge in [0.05, 0.1) is 5.25 Å². The second kappa shape index (κ2) is 9.34. The molecule has 1 unspecified atom stereocenters. The van der Waals surface area contributed by atoms with Crippen LogP contribution in [0.3, 0.4) is 0 Å². The van der Waals surface area contributed by atoms with Crippen LogP contribution in [0.4, 0.5) is 0 Å². The van der Waals surface area contributed by atoms with Gasteiger partial charge in [-0.05, 0) is 18.6 Å². The molecule has 0 rings (SSSR count). The lowest BCUT2D eigenvalue weighted by atomic mass is 10.2. The molecule has 3 N–H and O–H groups in total. The first-order valence-corrected chi connectivity index (χ1v) is 6.43. The van der Waals surface area contributed by atoms with Crippen LogP contribution in [0.25, 0.3) is 0 Å². The quantitative estimate of drug-likeness (QED) is 0.284. The van der Waals surface area contributed by atoms with Crippen molar-refractivity contribution in [1.29, 1.82) is 0 Å². The lowest BCUT2D eigenvalue weighted by Gasteiger charge is -2.13. The van der Waals surface area contributed by atoms with Gasteiger partial charge in [0.2, 0.25) is 5.91 Å². The molecule has 0 heterocycles. The van der Waals surface area contributed by atoms with Gasteiger partial charge in [-0.15, -0.1) is 11.8 Å². The molecule has 0 aliphatic heterocycles. The summed E-state index contributed by atoms with van der Waals surface area (Å²) in [5.74, 6) is 6.15. The van der Waals surface area contributed by atoms with Gasteiger partial charge in [-0.2, -0.15) is 0 Å². The molecule has 0 radical (unpaired) electrons. The average Bonchev–Trinajstić information content (AvgIpc) is 2.21. The Morgan fingerprint density at radius 3 is 2.57 bits per heavy atom. The summed E-state index contributed by atoms with van der Waals surface area (Å²) >= 11 is 1.73. The Bertz CT molecular complexity index is 153. The summed E-state index contributed by atoms with van der Waals surface area (Å²) in [7, 11) is 0. The molecule has 4 heteroatoms. The molecule has 0 aromatic rings. The SMILES string of the molecule is CCCCCSC(CCC)C(=O)NN. The van der Waals surface area contributed by atoms with E-state index in [9.17, 15) is 4.79 Å². The van der Waals surface area contributed by atoms with Gasteiger partial charge in [-0.3, -0.25) is 10.2 Å². The number of rotatable bonds is 8. The molecule has 0 spiro atoms. The van der Waals surface area contributed by atoms with Crippen LogP contribution in [0.2, 0.25) is 0 Å². The minimum atomic E-state index is -0.0339. The van der Waals surface area contributed by atoms with E-state index in [2.05, 4.69) is 19.3 Å². The van der Waals surface area contributed by atoms with Crippen molar-refractivity contribution in [2.24, 2.45) is 5.84 Å². The molecule has 0 bridgehead atoms. The predicted octanol–water partition coefficient (Wildman–Crippen LogP) is 2.07. The van der Waals surface area contributed by atoms with Gasteiger partial charge >= 0.3 is 0 Å². The van der Waals surface area contributed by atoms with E-state index in [-0.39, 0.29) is 11.2 Å². The van der Waals surface area contributed by atoms with E-state index in [1.165, 1.54) is 19.3 Å². The fraction of sp³-hybridized carbons (Fsp3) is 0.900. The van der Waals surface area contributed by atoms with Crippen LogP contribution in [0.1, 0.15) is 46.0 Å². The van der Waals surface area contributed by atoms with Crippen LogP contribution in [0.5, 0.6) is 0 Å². The van der Waals surface area contributed by atoms with Gasteiger partial charge in [0.1, 0.15) is 0 Å². The van der Waals surface area contributed by atoms with E-state index in [0.717, 1.165) is 18.6 Å². The second-order valence-electron chi connectivity index (χ2n) is 3.36. The number of hydrogen-bond acceptors (Lipinski definition) is 3. The summed E-state index contributed by atoms with van der Waals surface area (Å²) < 4.78 is 0. The number of thioether (sulfide) groups is 1. The maximum atomic E-state index is 11.3. The van der Waals surface area contributed by atoms with Crippen molar-refractivity contribution in [2.75, 3.05) is 5.75 Å². The number of nitrogens with two attached hydrogens (primary N) is 1. The lowest BCUT2D eigenvalue weighted by molar-refractivity contribution is -0.120. The minimum Gasteiger partial charge on any atom is -0.293 e. The van der Waals surface area contributed by atoms with E-state index in [1.54, 1.807) is 11.8 Å². The summed E-state index contributed by atoms with van der Waals surface area (Å²) in [6.45, 7) is 4.27. The van der Waals surface area contributed by atoms with Gasteiger partial charge in [0, 0.05) is 0 Å². The third kappa shape index (κ3) is 6.27. The number of carbonyl (C=O) groups is 1. The Hall–Kier alpha value is -0.220. The van der Waals surface area contributed by atoms with E-state index in [0.29, 0.717) is 0 Å². The highest BCUT2D eigenvalue weighted by atomic mass is 32.2. The van der Waals surface area contributed by atoms with E-state index in [1.807, 2.05) is 0 Å². The number of hydrazine groups is 1. The second-order valence-corrected chi connectivity index (χ2v) is 4.67. The highest BCUT2D eigenvalue weighted by molar-refractivity contribution is 8.00. The first kappa shape index (κ1) is 13.8. The summed E-state index contributed by atoms with van der Waals surface area (Å²) in [6.07, 6.45) is 5.61. The molecule has 0 aromatic heterocycles. The lowest BCUT2D eigenvalue weighted by Crippen LogP contribution is -2.37. The standard InChI is InChI=1S/C10H22N2OS/c1-3-5-6-8-14-9(7-4-2)10(13)12-11/h9H,3-8,11H2,1-2H3,(H,12,13). The van der Waals surface area contributed by atoms with Crippen LogP contribution < -0.4 is 11.3 Å². The van der Waals surface area contributed by atoms with Crippen molar-refractivity contribution in [2.45, 2.75) is 51.2 Å². The third-order valence-electron chi connectivity index (χ3n) is 2.05. The molecular weight excluding hydrogens is 196 g/mol. The van der Waals surface area contributed by atoms with Gasteiger partial charge in [0.15, 0.2) is 0 Å². The minimum absolute atomic E-state index is 0.0339. The Balaban J connectivity index is 3.67. The topological polar surface area (TPSA) is 55.1 Å². The van der Waals surface area contributed by atoms with Crippen LogP contribution in [0.15, 0.2) is 0 Å². The number of carbonyl (C=O) groups excluding carboxylic acids is 1. The average molecular weight is 218 g/mol. The maximum absolute atomic E-state index is 11.3. The van der Waals surface area contributed by atoms with Gasteiger partial charge in [-0.1, -0.05) is 33.1 Å². The smallest absolute Gasteiger partial charge is 0.246 e. The van der Waals surface area contributed by atoms with Crippen molar-refractivity contribution in [3.63, 3.8) is 0 Å². The highest BCUT2D eigenvalue weighted by Crippen LogP contribution is 2.18. The van der Waals surface area contributed by atoms with Crippen molar-refractivity contribution < 1.29 is 4.79 Å². The number of hydrogen-bond donors (Lipinski definition) is 2. The van der Waals surface area contributed by atoms with Gasteiger partial charge < -0.3 is 0 Å². The molecule has 0 fully saturated rings. The van der Waals surface area contributed by atoms with Gasteiger partial charge in [-0.25, -0.2) is 5.84 Å². The van der Waals surface area contributed by atoms with Crippen LogP contribution in [-0.4, -0.2) is 16.9 Å². The van der Waals surface area contributed by atoms with E-state index >= 15 is 0 Å². The summed E-state index contributed by atoms with van der Waals surface area (Å²) in [6, 6.07) is 0. The third-order valence-corrected chi connectivity index (χ3v) is 3.43. The molecule has 1 amide bonds. The molecular formula is C10H22N2OS. The number of amides is 1. The Morgan fingerprint density at radius 1 is 1.36 bits per heavy atom. The first-order valence-electron chi connectivity index (χ1n) is 5.38. The zero-order chi connectivity index (χ0) is 10.8. The molecule has 0 aliphatic rings. The van der Waals surface area contributed by atoms with Crippen molar-refractivity contribution >= 4 is 17.7 Å². The molecule has 0 aliphatic carbocycles. The van der Waals surface area contributed by atoms with Crippen LogP contribution in [0, 0.1) is 0 Å². The van der Waals surface area contributed by atoms with Crippen molar-refractivity contribution in [3.8, 4) is 0 Å². The van der Waals surface area contributed by atoms with Crippen LogP contribution >= 0.6 is 11.8 Å². The Kier molecular flexibility index (Phi) is 9.19. The molecule has 0 saturated carbocycles. The van der Waals surface area contributed by atoms with E-state index < -0.39 is 0 Å². The van der Waals surface area contributed by atoms with Crippen LogP contribution in [-0.2, 0) is 4.79 Å². The predicted molar refractivity (Wildman–Crippen MR) is 63.0 cm³/mol. The number of nitrogens with one attached hydrogen (secondary N) is 1. The zero-order valence-corrected chi connectivity index (χ0v) is 10.0. The number of unbranched alkanes of at least 4 members (excludes halogenated alkanes) is 2. The highest BCUT2D eigenvalue weighted by Gasteiger charge is 2.15. The van der Waals surface area contributed by atoms with Gasteiger partial charge in [0.25, 0.3) is 0 Å². The molecule has 0 saturated heterocycles. The molecule has 1 atom stereocenters. The summed E-state index contributed by atoms with van der Waals surface area (Å²) in [4.78, 5) is 11.3. The van der Waals surface area contributed by atoms with Crippen molar-refractivity contribution in [1.82, 2.24) is 5.43 Å². The van der Waals surface area contributed by atoms with Crippen molar-refractivity contribution in [3.05, 3.63) is 0 Å². The molecule has 0 aromatic carbocycles. The van der Waals surface area contributed by atoms with E-state index in [4.69, 9.17) is 5.84 Å². The normalized spacial score (nSPS) is 12.5. The molecule has 84 valence electrons. The first-order chi connectivity index (χ1) is 6.76. The molecule has 3 nitrogen and oxygen atoms in total. The summed E-state index contributed by atoms with van der Waals surface area (Å²) in [5, 5.41) is 0.0434. The molecule has 14 heavy (non-hydrogen) atoms. The Morgan fingerprint density at radius 2 is 2.07 bits per heavy atom. The zero-order valence-electron chi connectivity index (χ0n) is 9.21. The fourth-order valence-electron chi connectivity index (χ4n) is 1.22. The maximum Gasteiger partial charge on any atom is 0.246 e.